The molecule has 1 fully saturated rings. The van der Waals surface area contributed by atoms with Crippen molar-refractivity contribution in [3.8, 4) is 0 Å². The topological polar surface area (TPSA) is 17.1 Å². The maximum absolute atomic E-state index is 13.7. The van der Waals surface area contributed by atoms with Gasteiger partial charge in [0.2, 0.25) is 5.92 Å². The van der Waals surface area contributed by atoms with Gasteiger partial charge < -0.3 is 0 Å². The summed E-state index contributed by atoms with van der Waals surface area (Å²) in [5.41, 5.74) is -0.0282. The maximum atomic E-state index is 13.7. The average molecular weight is 321 g/mol. The largest absolute Gasteiger partial charge is 0.294 e. The molecule has 1 atom stereocenters. The summed E-state index contributed by atoms with van der Waals surface area (Å²) in [6, 6.07) is 4.44. The fourth-order valence-corrected chi connectivity index (χ4v) is 2.67. The lowest BCUT2D eigenvalue weighted by Crippen LogP contribution is -2.12. The normalized spacial score (nSPS) is 22.1. The summed E-state index contributed by atoms with van der Waals surface area (Å²) in [6.45, 7) is 0. The van der Waals surface area contributed by atoms with Crippen molar-refractivity contribution >= 4 is 21.7 Å². The van der Waals surface area contributed by atoms with Crippen molar-refractivity contribution in [1.82, 2.24) is 0 Å². The maximum Gasteiger partial charge on any atom is 0.248 e. The van der Waals surface area contributed by atoms with Gasteiger partial charge >= 0.3 is 0 Å². The van der Waals surface area contributed by atoms with Crippen molar-refractivity contribution in [2.75, 3.05) is 0 Å². The molecule has 1 aromatic rings. The standard InChI is InChI=1S/C13H12BrF3O/c14-10-3-1-2-9(12(10)15)11(18)6-8-4-5-13(16,17)7-8/h1-3,8H,4-7H2. The molecular weight excluding hydrogens is 309 g/mol. The lowest BCUT2D eigenvalue weighted by atomic mass is 9.96. The van der Waals surface area contributed by atoms with E-state index in [0.717, 1.165) is 0 Å². The molecule has 0 saturated heterocycles. The number of benzene rings is 1. The lowest BCUT2D eigenvalue weighted by Gasteiger charge is -2.10. The monoisotopic (exact) mass is 320 g/mol. The van der Waals surface area contributed by atoms with Crippen LogP contribution in [0.3, 0.4) is 0 Å². The average Bonchev–Trinajstić information content (AvgIpc) is 2.62. The number of carbonyl (C=O) groups is 1. The predicted molar refractivity (Wildman–Crippen MR) is 65.3 cm³/mol. The molecule has 0 aliphatic heterocycles. The number of Topliss-reactive ketones (excluding diaryl/α,β-unsaturated/α-hetero) is 1. The van der Waals surface area contributed by atoms with Crippen LogP contribution in [0.5, 0.6) is 0 Å². The van der Waals surface area contributed by atoms with Crippen molar-refractivity contribution in [2.45, 2.75) is 31.6 Å². The number of hydrogen-bond acceptors (Lipinski definition) is 1. The third-order valence-electron chi connectivity index (χ3n) is 3.23. The second kappa shape index (κ2) is 5.03. The van der Waals surface area contributed by atoms with Crippen LogP contribution < -0.4 is 0 Å². The minimum absolute atomic E-state index is 0.0109. The van der Waals surface area contributed by atoms with Gasteiger partial charge in [0, 0.05) is 19.3 Å². The van der Waals surface area contributed by atoms with Gasteiger partial charge in [-0.15, -0.1) is 0 Å². The smallest absolute Gasteiger partial charge is 0.248 e. The summed E-state index contributed by atoms with van der Waals surface area (Å²) in [5, 5.41) is 0. The second-order valence-corrected chi connectivity index (χ2v) is 5.55. The second-order valence-electron chi connectivity index (χ2n) is 4.69. The Kier molecular flexibility index (Phi) is 3.80. The highest BCUT2D eigenvalue weighted by molar-refractivity contribution is 9.10. The molecule has 1 unspecified atom stereocenters. The van der Waals surface area contributed by atoms with Crippen LogP contribution >= 0.6 is 15.9 Å². The summed E-state index contributed by atoms with van der Waals surface area (Å²) in [7, 11) is 0. The highest BCUT2D eigenvalue weighted by atomic mass is 79.9. The van der Waals surface area contributed by atoms with Gasteiger partial charge in [-0.2, -0.15) is 0 Å². The molecule has 0 radical (unpaired) electrons. The molecule has 5 heteroatoms. The van der Waals surface area contributed by atoms with Crippen molar-refractivity contribution in [3.63, 3.8) is 0 Å². The molecule has 0 bridgehead atoms. The van der Waals surface area contributed by atoms with Gasteiger partial charge in [0.05, 0.1) is 10.0 Å². The zero-order valence-electron chi connectivity index (χ0n) is 9.56. The van der Waals surface area contributed by atoms with E-state index in [2.05, 4.69) is 15.9 Å². The van der Waals surface area contributed by atoms with Crippen molar-refractivity contribution < 1.29 is 18.0 Å². The Balaban J connectivity index is 2.07. The molecule has 0 spiro atoms. The fourth-order valence-electron chi connectivity index (χ4n) is 2.31. The van der Waals surface area contributed by atoms with Crippen LogP contribution in [0.25, 0.3) is 0 Å². The Morgan fingerprint density at radius 2 is 2.17 bits per heavy atom. The van der Waals surface area contributed by atoms with Gasteiger partial charge in [0.1, 0.15) is 5.82 Å². The summed E-state index contributed by atoms with van der Waals surface area (Å²) >= 11 is 3.00. The van der Waals surface area contributed by atoms with Crippen LogP contribution in [-0.2, 0) is 0 Å². The van der Waals surface area contributed by atoms with Crippen molar-refractivity contribution in [3.05, 3.63) is 34.1 Å². The Hall–Kier alpha value is -0.840. The van der Waals surface area contributed by atoms with Crippen molar-refractivity contribution in [2.24, 2.45) is 5.92 Å². The molecule has 98 valence electrons. The predicted octanol–water partition coefficient (Wildman–Crippen LogP) is 4.60. The Morgan fingerprint density at radius 3 is 2.78 bits per heavy atom. The first-order valence-corrected chi connectivity index (χ1v) is 6.53. The van der Waals surface area contributed by atoms with E-state index in [9.17, 15) is 18.0 Å². The summed E-state index contributed by atoms with van der Waals surface area (Å²) in [6.07, 6.45) is -0.127. The fraction of sp³-hybridized carbons (Fsp3) is 0.462. The first-order valence-electron chi connectivity index (χ1n) is 5.74. The Labute approximate surface area is 112 Å². The zero-order chi connectivity index (χ0) is 13.3. The molecule has 1 aliphatic carbocycles. The van der Waals surface area contributed by atoms with Gasteiger partial charge in [-0.3, -0.25) is 4.79 Å². The van der Waals surface area contributed by atoms with E-state index in [4.69, 9.17) is 0 Å². The van der Waals surface area contributed by atoms with Crippen LogP contribution in [0.15, 0.2) is 22.7 Å². The number of carbonyl (C=O) groups excluding carboxylic acids is 1. The Morgan fingerprint density at radius 1 is 1.44 bits per heavy atom. The van der Waals surface area contributed by atoms with Gasteiger partial charge in [-0.25, -0.2) is 13.2 Å². The quantitative estimate of drug-likeness (QED) is 0.744. The SMILES string of the molecule is O=C(CC1CCC(F)(F)C1)c1cccc(Br)c1F. The highest BCUT2D eigenvalue weighted by Gasteiger charge is 2.40. The molecule has 1 saturated carbocycles. The van der Waals surface area contributed by atoms with E-state index < -0.39 is 17.5 Å². The minimum Gasteiger partial charge on any atom is -0.294 e. The molecule has 1 nitrogen and oxygen atoms in total. The van der Waals surface area contributed by atoms with Gasteiger partial charge in [0.25, 0.3) is 0 Å². The first-order chi connectivity index (χ1) is 8.39. The van der Waals surface area contributed by atoms with Crippen LogP contribution in [-0.4, -0.2) is 11.7 Å². The molecule has 0 N–H and O–H groups in total. The van der Waals surface area contributed by atoms with E-state index in [1.54, 1.807) is 6.07 Å². The van der Waals surface area contributed by atoms with E-state index >= 15 is 0 Å². The zero-order valence-corrected chi connectivity index (χ0v) is 11.1. The number of ketones is 1. The third-order valence-corrected chi connectivity index (χ3v) is 3.84. The van der Waals surface area contributed by atoms with Crippen molar-refractivity contribution in [1.29, 1.82) is 0 Å². The summed E-state index contributed by atoms with van der Waals surface area (Å²) in [4.78, 5) is 11.9. The van der Waals surface area contributed by atoms with Crippen LogP contribution in [0.4, 0.5) is 13.2 Å². The van der Waals surface area contributed by atoms with Gasteiger partial charge in [-0.1, -0.05) is 6.07 Å². The molecule has 2 rings (SSSR count). The number of halogens is 4. The molecule has 0 amide bonds. The van der Waals surface area contributed by atoms with E-state index in [0.29, 0.717) is 6.42 Å². The molecule has 0 heterocycles. The van der Waals surface area contributed by atoms with E-state index in [-0.39, 0.29) is 35.2 Å². The van der Waals surface area contributed by atoms with E-state index in [1.807, 2.05) is 0 Å². The van der Waals surface area contributed by atoms with Crippen LogP contribution in [0.2, 0.25) is 0 Å². The Bertz CT molecular complexity index is 473. The highest BCUT2D eigenvalue weighted by Crippen LogP contribution is 2.40. The minimum atomic E-state index is -2.67. The third kappa shape index (κ3) is 2.94. The molecule has 18 heavy (non-hydrogen) atoms. The van der Waals surface area contributed by atoms with Crippen LogP contribution in [0.1, 0.15) is 36.0 Å². The summed E-state index contributed by atoms with van der Waals surface area (Å²) in [5.74, 6) is -4.03. The number of rotatable bonds is 3. The summed E-state index contributed by atoms with van der Waals surface area (Å²) < 4.78 is 39.9. The molecule has 1 aromatic carbocycles. The van der Waals surface area contributed by atoms with E-state index in [1.165, 1.54) is 12.1 Å². The number of hydrogen-bond donors (Lipinski definition) is 0. The molecule has 0 aromatic heterocycles. The lowest BCUT2D eigenvalue weighted by molar-refractivity contribution is 0.00497. The van der Waals surface area contributed by atoms with Gasteiger partial charge in [-0.05, 0) is 40.4 Å². The van der Waals surface area contributed by atoms with Gasteiger partial charge in [0.15, 0.2) is 5.78 Å². The van der Waals surface area contributed by atoms with Crippen LogP contribution in [0, 0.1) is 11.7 Å². The number of alkyl halides is 2. The molecular formula is C13H12BrF3O. The first kappa shape index (κ1) is 13.6. The molecule has 1 aliphatic rings.